The van der Waals surface area contributed by atoms with Crippen LogP contribution in [0, 0.1) is 0 Å². The highest BCUT2D eigenvalue weighted by Gasteiger charge is 2.27. The van der Waals surface area contributed by atoms with E-state index in [0.29, 0.717) is 17.7 Å². The Balaban J connectivity index is 1.52. The molecule has 7 heteroatoms. The Labute approximate surface area is 229 Å². The minimum absolute atomic E-state index is 0.0818. The number of fused-ring (bicyclic) bond motifs is 1. The maximum atomic E-state index is 14.2. The first-order valence-corrected chi connectivity index (χ1v) is 14.4. The molecule has 0 saturated heterocycles. The Hall–Kier alpha value is -2.35. The minimum Gasteiger partial charge on any atom is -0.496 e. The van der Waals surface area contributed by atoms with Crippen molar-refractivity contribution in [2.45, 2.75) is 82.3 Å². The molecule has 0 amide bonds. The number of alkyl halides is 2. The van der Waals surface area contributed by atoms with E-state index in [4.69, 9.17) is 13.9 Å². The smallest absolute Gasteiger partial charge is 0.248 e. The lowest BCUT2D eigenvalue weighted by Gasteiger charge is -2.17. The maximum Gasteiger partial charge on any atom is 0.248 e. The predicted molar refractivity (Wildman–Crippen MR) is 152 cm³/mol. The van der Waals surface area contributed by atoms with Crippen molar-refractivity contribution in [2.75, 3.05) is 19.5 Å². The zero-order chi connectivity index (χ0) is 27.5. The molecule has 1 aromatic heterocycles. The molecule has 1 atom stereocenters. The Morgan fingerprint density at radius 1 is 1.08 bits per heavy atom. The zero-order valence-corrected chi connectivity index (χ0v) is 23.5. The SMILES string of the molecule is C=C(C)C(O)OCCCC(F)(F)CCCSc1ccc2cc(-c3ccc(CCCCC)cc3OC)oc2c1. The van der Waals surface area contributed by atoms with Gasteiger partial charge in [-0.1, -0.05) is 32.4 Å². The lowest BCUT2D eigenvalue weighted by molar-refractivity contribution is -0.0826. The molecule has 208 valence electrons. The van der Waals surface area contributed by atoms with Crippen LogP contribution in [0.2, 0.25) is 0 Å². The maximum absolute atomic E-state index is 14.2. The van der Waals surface area contributed by atoms with Gasteiger partial charge in [0.05, 0.1) is 19.3 Å². The average Bonchev–Trinajstić information content (AvgIpc) is 3.32. The molecule has 1 heterocycles. The molecule has 4 nitrogen and oxygen atoms in total. The topological polar surface area (TPSA) is 51.8 Å². The molecule has 3 aromatic rings. The molecule has 0 saturated carbocycles. The number of hydrogen-bond donors (Lipinski definition) is 1. The molecule has 1 unspecified atom stereocenters. The number of aryl methyl sites for hydroxylation is 1. The molecule has 3 rings (SSSR count). The summed E-state index contributed by atoms with van der Waals surface area (Å²) < 4.78 is 45.3. The summed E-state index contributed by atoms with van der Waals surface area (Å²) in [5, 5.41) is 10.5. The number of aliphatic hydroxyl groups excluding tert-OH is 1. The Kier molecular flexibility index (Phi) is 11.7. The highest BCUT2D eigenvalue weighted by Crippen LogP contribution is 2.36. The second-order valence-electron chi connectivity index (χ2n) is 9.78. The number of aliphatic hydroxyl groups is 1. The van der Waals surface area contributed by atoms with Crippen LogP contribution in [-0.2, 0) is 11.2 Å². The number of thioether (sulfide) groups is 1. The third-order valence-electron chi connectivity index (χ3n) is 6.43. The molecule has 0 aliphatic rings. The standard InChI is InChI=1S/C31H40F2O4S/c1-5-6-7-10-23-11-14-26(28(19-23)35-4)29-20-24-12-13-25(21-27(24)37-29)38-18-9-16-31(32,33)15-8-17-36-30(34)22(2)3/h11-14,19-21,30,34H,2,5-10,15-18H2,1,3-4H3. The Bertz CT molecular complexity index is 1170. The summed E-state index contributed by atoms with van der Waals surface area (Å²) in [5.41, 5.74) is 3.40. The minimum atomic E-state index is -2.75. The van der Waals surface area contributed by atoms with Gasteiger partial charge in [-0.05, 0) is 85.9 Å². The first-order valence-electron chi connectivity index (χ1n) is 13.4. The van der Waals surface area contributed by atoms with E-state index in [1.807, 2.05) is 24.3 Å². The van der Waals surface area contributed by atoms with Crippen molar-refractivity contribution in [2.24, 2.45) is 0 Å². The average molecular weight is 547 g/mol. The van der Waals surface area contributed by atoms with E-state index in [2.05, 4.69) is 31.7 Å². The number of furan rings is 1. The zero-order valence-electron chi connectivity index (χ0n) is 22.7. The Morgan fingerprint density at radius 2 is 1.87 bits per heavy atom. The van der Waals surface area contributed by atoms with Crippen LogP contribution in [0.15, 0.2) is 63.9 Å². The molecular formula is C31H40F2O4S. The lowest BCUT2D eigenvalue weighted by Crippen LogP contribution is -2.19. The number of rotatable bonds is 17. The van der Waals surface area contributed by atoms with Gasteiger partial charge in [0, 0.05) is 23.1 Å². The van der Waals surface area contributed by atoms with Crippen LogP contribution in [0.3, 0.4) is 0 Å². The normalized spacial score (nSPS) is 12.7. The van der Waals surface area contributed by atoms with Gasteiger partial charge in [-0.3, -0.25) is 0 Å². The summed E-state index contributed by atoms with van der Waals surface area (Å²) in [5.74, 6) is -0.610. The van der Waals surface area contributed by atoms with Gasteiger partial charge < -0.3 is 19.0 Å². The second kappa shape index (κ2) is 14.7. The molecule has 0 aliphatic heterocycles. The third-order valence-corrected chi connectivity index (χ3v) is 7.51. The number of unbranched alkanes of at least 4 members (excludes halogenated alkanes) is 2. The second-order valence-corrected chi connectivity index (χ2v) is 11.0. The van der Waals surface area contributed by atoms with E-state index in [0.717, 1.165) is 45.8 Å². The highest BCUT2D eigenvalue weighted by atomic mass is 32.2. The highest BCUT2D eigenvalue weighted by molar-refractivity contribution is 7.99. The molecular weight excluding hydrogens is 506 g/mol. The van der Waals surface area contributed by atoms with Crippen molar-refractivity contribution in [3.05, 3.63) is 60.2 Å². The quantitative estimate of drug-likeness (QED) is 0.0792. The number of ether oxygens (including phenoxy) is 2. The van der Waals surface area contributed by atoms with Gasteiger partial charge in [0.25, 0.3) is 0 Å². The van der Waals surface area contributed by atoms with E-state index in [9.17, 15) is 13.9 Å². The van der Waals surface area contributed by atoms with Crippen LogP contribution in [-0.4, -0.2) is 36.8 Å². The van der Waals surface area contributed by atoms with Gasteiger partial charge in [-0.2, -0.15) is 0 Å². The molecule has 0 fully saturated rings. The van der Waals surface area contributed by atoms with Gasteiger partial charge in [-0.25, -0.2) is 8.78 Å². The fourth-order valence-electron chi connectivity index (χ4n) is 4.22. The van der Waals surface area contributed by atoms with E-state index in [1.165, 1.54) is 18.4 Å². The van der Waals surface area contributed by atoms with Crippen molar-refractivity contribution in [3.8, 4) is 17.1 Å². The molecule has 0 spiro atoms. The first kappa shape index (κ1) is 30.2. The predicted octanol–water partition coefficient (Wildman–Crippen LogP) is 9.04. The van der Waals surface area contributed by atoms with Gasteiger partial charge in [-0.15, -0.1) is 11.8 Å². The summed E-state index contributed by atoms with van der Waals surface area (Å²) in [6, 6.07) is 14.3. The van der Waals surface area contributed by atoms with Gasteiger partial charge in [0.2, 0.25) is 5.92 Å². The van der Waals surface area contributed by atoms with Crippen molar-refractivity contribution >= 4 is 22.7 Å². The molecule has 38 heavy (non-hydrogen) atoms. The van der Waals surface area contributed by atoms with Crippen LogP contribution < -0.4 is 4.74 Å². The summed E-state index contributed by atoms with van der Waals surface area (Å²) in [4.78, 5) is 0.988. The fraction of sp³-hybridized carbons (Fsp3) is 0.484. The lowest BCUT2D eigenvalue weighted by atomic mass is 10.0. The van der Waals surface area contributed by atoms with Gasteiger partial charge in [0.15, 0.2) is 6.29 Å². The summed E-state index contributed by atoms with van der Waals surface area (Å²) in [6.45, 7) is 7.49. The summed E-state index contributed by atoms with van der Waals surface area (Å²) in [7, 11) is 1.68. The van der Waals surface area contributed by atoms with Gasteiger partial charge >= 0.3 is 0 Å². The number of hydrogen-bond acceptors (Lipinski definition) is 5. The molecule has 2 aromatic carbocycles. The van der Waals surface area contributed by atoms with Crippen molar-refractivity contribution < 1.29 is 27.8 Å². The molecule has 0 aliphatic carbocycles. The molecule has 1 N–H and O–H groups in total. The van der Waals surface area contributed by atoms with Crippen molar-refractivity contribution in [1.29, 1.82) is 0 Å². The van der Waals surface area contributed by atoms with Crippen LogP contribution in [0.5, 0.6) is 5.75 Å². The van der Waals surface area contributed by atoms with Crippen LogP contribution in [0.25, 0.3) is 22.3 Å². The van der Waals surface area contributed by atoms with Crippen LogP contribution in [0.4, 0.5) is 8.78 Å². The molecule has 0 bridgehead atoms. The summed E-state index contributed by atoms with van der Waals surface area (Å²) >= 11 is 1.55. The Morgan fingerprint density at radius 3 is 2.61 bits per heavy atom. The molecule has 0 radical (unpaired) electrons. The van der Waals surface area contributed by atoms with Crippen molar-refractivity contribution in [3.63, 3.8) is 0 Å². The van der Waals surface area contributed by atoms with Crippen molar-refractivity contribution in [1.82, 2.24) is 0 Å². The number of methoxy groups -OCH3 is 1. The van der Waals surface area contributed by atoms with E-state index in [-0.39, 0.29) is 25.9 Å². The largest absolute Gasteiger partial charge is 0.496 e. The van der Waals surface area contributed by atoms with E-state index in [1.54, 1.807) is 25.8 Å². The van der Waals surface area contributed by atoms with E-state index >= 15 is 0 Å². The monoisotopic (exact) mass is 546 g/mol. The van der Waals surface area contributed by atoms with E-state index < -0.39 is 12.2 Å². The van der Waals surface area contributed by atoms with Crippen LogP contribution >= 0.6 is 11.8 Å². The summed E-state index contributed by atoms with van der Waals surface area (Å²) in [6.07, 6.45) is 3.67. The first-order chi connectivity index (χ1) is 18.2. The van der Waals surface area contributed by atoms with Gasteiger partial charge in [0.1, 0.15) is 17.1 Å². The number of benzene rings is 2. The third kappa shape index (κ3) is 9.14. The fourth-order valence-corrected chi connectivity index (χ4v) is 5.10. The number of halogens is 2. The van der Waals surface area contributed by atoms with Crippen LogP contribution in [0.1, 0.15) is 64.4 Å².